The van der Waals surface area contributed by atoms with Crippen LogP contribution in [0.2, 0.25) is 5.02 Å². The molecular formula is C18H22ClN3O4S. The van der Waals surface area contributed by atoms with Crippen LogP contribution in [0.25, 0.3) is 0 Å². The molecule has 1 aromatic carbocycles. The number of halogens is 1. The average molecular weight is 412 g/mol. The molecule has 1 saturated heterocycles. The molecule has 0 aliphatic carbocycles. The highest BCUT2D eigenvalue weighted by Gasteiger charge is 2.34. The first-order chi connectivity index (χ1) is 12.9. The number of hydrogen-bond donors (Lipinski definition) is 2. The van der Waals surface area contributed by atoms with Crippen LogP contribution in [0.3, 0.4) is 0 Å². The predicted octanol–water partition coefficient (Wildman–Crippen LogP) is 1.43. The van der Waals surface area contributed by atoms with Crippen LogP contribution in [0.15, 0.2) is 24.3 Å². The molecule has 1 atom stereocenters. The molecule has 0 aromatic heterocycles. The second kappa shape index (κ2) is 10.2. The minimum absolute atomic E-state index is 0.122. The van der Waals surface area contributed by atoms with Crippen molar-refractivity contribution in [3.63, 3.8) is 0 Å². The number of ether oxygens (including phenoxy) is 1. The zero-order chi connectivity index (χ0) is 19.8. The van der Waals surface area contributed by atoms with E-state index in [1.54, 1.807) is 29.2 Å². The molecule has 0 bridgehead atoms. The third kappa shape index (κ3) is 6.48. The van der Waals surface area contributed by atoms with Gasteiger partial charge in [-0.05, 0) is 36.3 Å². The lowest BCUT2D eigenvalue weighted by molar-refractivity contribution is -0.147. The van der Waals surface area contributed by atoms with Crippen LogP contribution >= 0.6 is 23.8 Å². The molecule has 1 fully saturated rings. The SMILES string of the molecule is CCCOC(=O)C[C@@H]1C(=O)NCCN1C(=S)NC(=O)Cc1ccc(Cl)cc1. The fourth-order valence-corrected chi connectivity index (χ4v) is 3.07. The zero-order valence-electron chi connectivity index (χ0n) is 15.0. The summed E-state index contributed by atoms with van der Waals surface area (Å²) in [4.78, 5) is 37.9. The van der Waals surface area contributed by atoms with E-state index >= 15 is 0 Å². The van der Waals surface area contributed by atoms with Crippen molar-refractivity contribution in [2.24, 2.45) is 0 Å². The van der Waals surface area contributed by atoms with Crippen LogP contribution in [0.5, 0.6) is 0 Å². The van der Waals surface area contributed by atoms with Gasteiger partial charge in [0.25, 0.3) is 0 Å². The maximum Gasteiger partial charge on any atom is 0.308 e. The summed E-state index contributed by atoms with van der Waals surface area (Å²) in [6.07, 6.45) is 0.699. The number of hydrogen-bond acceptors (Lipinski definition) is 5. The molecule has 0 saturated carbocycles. The summed E-state index contributed by atoms with van der Waals surface area (Å²) in [5.41, 5.74) is 0.788. The molecule has 0 spiro atoms. The van der Waals surface area contributed by atoms with Gasteiger partial charge in [-0.3, -0.25) is 14.4 Å². The van der Waals surface area contributed by atoms with Crippen LogP contribution in [0, 0.1) is 0 Å². The lowest BCUT2D eigenvalue weighted by atomic mass is 10.1. The molecule has 9 heteroatoms. The van der Waals surface area contributed by atoms with Crippen molar-refractivity contribution in [3.05, 3.63) is 34.9 Å². The highest BCUT2D eigenvalue weighted by molar-refractivity contribution is 7.80. The fraction of sp³-hybridized carbons (Fsp3) is 0.444. The Morgan fingerprint density at radius 1 is 1.37 bits per heavy atom. The summed E-state index contributed by atoms with van der Waals surface area (Å²) in [6, 6.07) is 6.12. The van der Waals surface area contributed by atoms with E-state index in [1.165, 1.54) is 0 Å². The average Bonchev–Trinajstić information content (AvgIpc) is 2.63. The number of benzene rings is 1. The summed E-state index contributed by atoms with van der Waals surface area (Å²) < 4.78 is 5.05. The molecule has 2 rings (SSSR count). The van der Waals surface area contributed by atoms with E-state index in [4.69, 9.17) is 28.6 Å². The Balaban J connectivity index is 1.96. The van der Waals surface area contributed by atoms with Crippen LogP contribution in [0.1, 0.15) is 25.3 Å². The van der Waals surface area contributed by atoms with E-state index in [9.17, 15) is 14.4 Å². The minimum atomic E-state index is -0.800. The van der Waals surface area contributed by atoms with E-state index in [2.05, 4.69) is 10.6 Å². The molecule has 2 amide bonds. The Bertz CT molecular complexity index is 711. The van der Waals surface area contributed by atoms with E-state index < -0.39 is 12.0 Å². The Hall–Kier alpha value is -2.19. The quantitative estimate of drug-likeness (QED) is 0.544. The smallest absolute Gasteiger partial charge is 0.308 e. The molecule has 7 nitrogen and oxygen atoms in total. The highest BCUT2D eigenvalue weighted by Crippen LogP contribution is 2.12. The topological polar surface area (TPSA) is 87.7 Å². The number of piperazine rings is 1. The van der Waals surface area contributed by atoms with Gasteiger partial charge in [-0.15, -0.1) is 0 Å². The van der Waals surface area contributed by atoms with Gasteiger partial charge in [0.05, 0.1) is 19.4 Å². The van der Waals surface area contributed by atoms with Crippen molar-refractivity contribution in [2.75, 3.05) is 19.7 Å². The third-order valence-corrected chi connectivity index (χ3v) is 4.53. The highest BCUT2D eigenvalue weighted by atomic mass is 35.5. The number of nitrogens with zero attached hydrogens (tertiary/aromatic N) is 1. The van der Waals surface area contributed by atoms with E-state index in [-0.39, 0.29) is 29.8 Å². The summed E-state index contributed by atoms with van der Waals surface area (Å²) in [6.45, 7) is 2.97. The predicted molar refractivity (Wildman–Crippen MR) is 105 cm³/mol. The Morgan fingerprint density at radius 3 is 2.74 bits per heavy atom. The molecule has 27 heavy (non-hydrogen) atoms. The van der Waals surface area contributed by atoms with E-state index in [0.717, 1.165) is 5.56 Å². The first kappa shape index (κ1) is 21.1. The molecule has 146 valence electrons. The second-order valence-electron chi connectivity index (χ2n) is 6.08. The largest absolute Gasteiger partial charge is 0.466 e. The summed E-state index contributed by atoms with van der Waals surface area (Å²) >= 11 is 11.1. The maximum absolute atomic E-state index is 12.3. The van der Waals surface area contributed by atoms with Gasteiger partial charge in [0.1, 0.15) is 6.04 Å². The molecule has 0 radical (unpaired) electrons. The van der Waals surface area contributed by atoms with Crippen LogP contribution in [0.4, 0.5) is 0 Å². The van der Waals surface area contributed by atoms with Crippen molar-refractivity contribution in [1.82, 2.24) is 15.5 Å². The molecule has 0 unspecified atom stereocenters. The summed E-state index contributed by atoms with van der Waals surface area (Å²) in [7, 11) is 0. The first-order valence-electron chi connectivity index (χ1n) is 8.69. The number of amides is 2. The van der Waals surface area contributed by atoms with E-state index in [0.29, 0.717) is 31.1 Å². The van der Waals surface area contributed by atoms with E-state index in [1.807, 2.05) is 6.92 Å². The van der Waals surface area contributed by atoms with Gasteiger partial charge in [0.15, 0.2) is 5.11 Å². The number of rotatable bonds is 6. The van der Waals surface area contributed by atoms with Gasteiger partial charge in [0, 0.05) is 18.1 Å². The van der Waals surface area contributed by atoms with Crippen molar-refractivity contribution < 1.29 is 19.1 Å². The number of esters is 1. The van der Waals surface area contributed by atoms with Crippen LogP contribution in [-0.4, -0.2) is 53.5 Å². The fourth-order valence-electron chi connectivity index (χ4n) is 2.62. The normalized spacial score (nSPS) is 16.4. The van der Waals surface area contributed by atoms with Gasteiger partial charge in [-0.25, -0.2) is 0 Å². The third-order valence-electron chi connectivity index (χ3n) is 3.94. The molecule has 1 aromatic rings. The number of nitrogens with one attached hydrogen (secondary N) is 2. The minimum Gasteiger partial charge on any atom is -0.466 e. The van der Waals surface area contributed by atoms with Gasteiger partial charge in [-0.2, -0.15) is 0 Å². The standard InChI is InChI=1S/C18H22ClN3O4S/c1-2-9-26-16(24)11-14-17(25)20-7-8-22(14)18(27)21-15(23)10-12-3-5-13(19)6-4-12/h3-6,14H,2,7-11H2,1H3,(H,20,25)(H,21,23,27)/t14-/m1/s1. The van der Waals surface area contributed by atoms with Gasteiger partial charge < -0.3 is 20.3 Å². The van der Waals surface area contributed by atoms with Crippen LogP contribution < -0.4 is 10.6 Å². The first-order valence-corrected chi connectivity index (χ1v) is 9.47. The van der Waals surface area contributed by atoms with Gasteiger partial charge in [0.2, 0.25) is 11.8 Å². The van der Waals surface area contributed by atoms with Crippen molar-refractivity contribution in [1.29, 1.82) is 0 Å². The Kier molecular flexibility index (Phi) is 7.99. The van der Waals surface area contributed by atoms with Crippen molar-refractivity contribution in [3.8, 4) is 0 Å². The number of thiocarbonyl (C=S) groups is 1. The molecule has 1 aliphatic heterocycles. The maximum atomic E-state index is 12.3. The molecule has 1 heterocycles. The monoisotopic (exact) mass is 411 g/mol. The summed E-state index contributed by atoms with van der Waals surface area (Å²) in [5, 5.41) is 6.05. The van der Waals surface area contributed by atoms with Gasteiger partial charge in [-0.1, -0.05) is 30.7 Å². The van der Waals surface area contributed by atoms with Gasteiger partial charge >= 0.3 is 5.97 Å². The molecule has 1 aliphatic rings. The molecular weight excluding hydrogens is 390 g/mol. The van der Waals surface area contributed by atoms with Crippen LogP contribution in [-0.2, 0) is 25.5 Å². The zero-order valence-corrected chi connectivity index (χ0v) is 16.6. The lowest BCUT2D eigenvalue weighted by Crippen LogP contribution is -2.60. The molecule has 2 N–H and O–H groups in total. The number of carbonyl (C=O) groups is 3. The Labute approximate surface area is 168 Å². The summed E-state index contributed by atoms with van der Waals surface area (Å²) in [5.74, 6) is -1.09. The second-order valence-corrected chi connectivity index (χ2v) is 6.90. The Morgan fingerprint density at radius 2 is 2.07 bits per heavy atom. The number of carbonyl (C=O) groups excluding carboxylic acids is 3. The lowest BCUT2D eigenvalue weighted by Gasteiger charge is -2.36. The van der Waals surface area contributed by atoms with Crippen molar-refractivity contribution in [2.45, 2.75) is 32.2 Å². The van der Waals surface area contributed by atoms with Crippen molar-refractivity contribution >= 4 is 46.7 Å².